The molecule has 0 unspecified atom stereocenters. The fourth-order valence-electron chi connectivity index (χ4n) is 2.27. The Morgan fingerprint density at radius 1 is 1.22 bits per heavy atom. The van der Waals surface area contributed by atoms with Crippen LogP contribution in [-0.4, -0.2) is 40.3 Å². The number of aryl methyl sites for hydroxylation is 1. The molecule has 0 heterocycles. The minimum atomic E-state index is -3.44. The third kappa shape index (κ3) is 5.87. The highest BCUT2D eigenvalue weighted by atomic mass is 35.5. The summed E-state index contributed by atoms with van der Waals surface area (Å²) in [5.41, 5.74) is 1.69. The first-order valence-electron chi connectivity index (χ1n) is 8.31. The molecule has 2 rings (SSSR count). The number of carbonyl (C=O) groups excluding carboxylic acids is 1. The molecule has 0 aliphatic carbocycles. The van der Waals surface area contributed by atoms with Gasteiger partial charge in [0.2, 0.25) is 10.0 Å². The fourth-order valence-corrected chi connectivity index (χ4v) is 2.97. The Morgan fingerprint density at radius 3 is 2.44 bits per heavy atom. The Balaban J connectivity index is 2.05. The Hall–Kier alpha value is -2.25. The van der Waals surface area contributed by atoms with Gasteiger partial charge in [0.15, 0.2) is 0 Å². The molecule has 1 atom stereocenters. The smallest absolute Gasteiger partial charge is 0.253 e. The van der Waals surface area contributed by atoms with Crippen molar-refractivity contribution in [1.29, 1.82) is 0 Å². The number of halogens is 1. The van der Waals surface area contributed by atoms with Gasteiger partial charge in [-0.3, -0.25) is 9.10 Å². The van der Waals surface area contributed by atoms with Crippen molar-refractivity contribution in [2.45, 2.75) is 19.9 Å². The maximum absolute atomic E-state index is 12.5. The molecule has 0 fully saturated rings. The quantitative estimate of drug-likeness (QED) is 0.760. The summed E-state index contributed by atoms with van der Waals surface area (Å²) in [6.07, 6.45) is 1.09. The first kappa shape index (κ1) is 21.1. The summed E-state index contributed by atoms with van der Waals surface area (Å²) in [5.74, 6) is 0.320. The van der Waals surface area contributed by atoms with Gasteiger partial charge in [0, 0.05) is 7.05 Å². The van der Waals surface area contributed by atoms with E-state index in [0.717, 1.165) is 21.9 Å². The molecule has 6 nitrogen and oxygen atoms in total. The van der Waals surface area contributed by atoms with E-state index in [-0.39, 0.29) is 23.2 Å². The van der Waals surface area contributed by atoms with E-state index in [1.165, 1.54) is 19.2 Å². The second kappa shape index (κ2) is 8.63. The van der Waals surface area contributed by atoms with Crippen molar-refractivity contribution in [3.05, 3.63) is 58.6 Å². The lowest BCUT2D eigenvalue weighted by molar-refractivity contribution is 0.0927. The SMILES string of the molecule is Cc1ccc(OC[C@H](C)NC(=O)c2cc(N(C)S(C)(=O)=O)ccc2Cl)cc1. The third-order valence-corrected chi connectivity index (χ3v) is 5.49. The number of hydrogen-bond acceptors (Lipinski definition) is 4. The molecule has 2 aromatic rings. The van der Waals surface area contributed by atoms with Gasteiger partial charge in [-0.2, -0.15) is 0 Å². The highest BCUT2D eigenvalue weighted by Crippen LogP contribution is 2.24. The summed E-state index contributed by atoms with van der Waals surface area (Å²) >= 11 is 6.12. The van der Waals surface area contributed by atoms with Crippen LogP contribution in [0.2, 0.25) is 5.02 Å². The Kier molecular flexibility index (Phi) is 6.73. The van der Waals surface area contributed by atoms with E-state index >= 15 is 0 Å². The molecule has 8 heteroatoms. The van der Waals surface area contributed by atoms with Gasteiger partial charge in [-0.25, -0.2) is 8.42 Å². The predicted octanol–water partition coefficient (Wildman–Crippen LogP) is 3.24. The van der Waals surface area contributed by atoms with E-state index in [2.05, 4.69) is 5.32 Å². The zero-order valence-electron chi connectivity index (χ0n) is 15.7. The number of carbonyl (C=O) groups is 1. The van der Waals surface area contributed by atoms with Crippen LogP contribution in [0.25, 0.3) is 0 Å². The highest BCUT2D eigenvalue weighted by Gasteiger charge is 2.18. The van der Waals surface area contributed by atoms with E-state index in [1.54, 1.807) is 6.07 Å². The minimum Gasteiger partial charge on any atom is -0.491 e. The zero-order chi connectivity index (χ0) is 20.2. The van der Waals surface area contributed by atoms with Gasteiger partial charge in [-0.05, 0) is 44.2 Å². The summed E-state index contributed by atoms with van der Waals surface area (Å²) in [6, 6.07) is 11.9. The third-order valence-electron chi connectivity index (χ3n) is 3.95. The van der Waals surface area contributed by atoms with Crippen molar-refractivity contribution in [3.8, 4) is 5.75 Å². The first-order chi connectivity index (χ1) is 12.6. The monoisotopic (exact) mass is 410 g/mol. The minimum absolute atomic E-state index is 0.201. The lowest BCUT2D eigenvalue weighted by atomic mass is 10.1. The zero-order valence-corrected chi connectivity index (χ0v) is 17.3. The summed E-state index contributed by atoms with van der Waals surface area (Å²) in [5, 5.41) is 3.05. The normalized spacial score (nSPS) is 12.3. The molecule has 0 bridgehead atoms. The molecule has 0 radical (unpaired) electrons. The lowest BCUT2D eigenvalue weighted by Gasteiger charge is -2.19. The summed E-state index contributed by atoms with van der Waals surface area (Å²) < 4.78 is 30.1. The average molecular weight is 411 g/mol. The highest BCUT2D eigenvalue weighted by molar-refractivity contribution is 7.92. The number of nitrogens with zero attached hydrogens (tertiary/aromatic N) is 1. The standard InChI is InChI=1S/C19H23ClN2O4S/c1-13-5-8-16(9-6-13)26-12-14(2)21-19(23)17-11-15(7-10-18(17)20)22(3)27(4,24)25/h5-11,14H,12H2,1-4H3,(H,21,23)/t14-/m0/s1. The largest absolute Gasteiger partial charge is 0.491 e. The molecule has 0 aliphatic heterocycles. The Labute approximate surface area is 165 Å². The molecule has 0 spiro atoms. The van der Waals surface area contributed by atoms with Crippen molar-refractivity contribution in [1.82, 2.24) is 5.32 Å². The second-order valence-corrected chi connectivity index (χ2v) is 8.81. The number of anilines is 1. The van der Waals surface area contributed by atoms with E-state index in [4.69, 9.17) is 16.3 Å². The summed E-state index contributed by atoms with van der Waals surface area (Å²) in [7, 11) is -2.02. The van der Waals surface area contributed by atoms with Crippen LogP contribution in [-0.2, 0) is 10.0 Å². The molecule has 0 saturated heterocycles. The summed E-state index contributed by atoms with van der Waals surface area (Å²) in [6.45, 7) is 4.09. The van der Waals surface area contributed by atoms with Gasteiger partial charge in [0.05, 0.1) is 28.6 Å². The number of rotatable bonds is 7. The van der Waals surface area contributed by atoms with Gasteiger partial charge in [0.1, 0.15) is 12.4 Å². The topological polar surface area (TPSA) is 75.7 Å². The molecule has 1 amide bonds. The van der Waals surface area contributed by atoms with Crippen LogP contribution in [0.4, 0.5) is 5.69 Å². The summed E-state index contributed by atoms with van der Waals surface area (Å²) in [4.78, 5) is 12.5. The number of ether oxygens (including phenoxy) is 1. The molecule has 146 valence electrons. The Morgan fingerprint density at radius 2 is 1.85 bits per heavy atom. The molecule has 2 aromatic carbocycles. The van der Waals surface area contributed by atoms with Gasteiger partial charge >= 0.3 is 0 Å². The molecule has 27 heavy (non-hydrogen) atoms. The van der Waals surface area contributed by atoms with E-state index < -0.39 is 15.9 Å². The number of hydrogen-bond donors (Lipinski definition) is 1. The molecule has 0 aromatic heterocycles. The van der Waals surface area contributed by atoms with Crippen molar-refractivity contribution in [2.75, 3.05) is 24.2 Å². The molecular formula is C19H23ClN2O4S. The lowest BCUT2D eigenvalue weighted by Crippen LogP contribution is -2.37. The maximum atomic E-state index is 12.5. The number of benzene rings is 2. The van der Waals surface area contributed by atoms with Crippen LogP contribution < -0.4 is 14.4 Å². The van der Waals surface area contributed by atoms with E-state index in [0.29, 0.717) is 5.69 Å². The van der Waals surface area contributed by atoms with Gasteiger partial charge in [-0.1, -0.05) is 29.3 Å². The second-order valence-electron chi connectivity index (χ2n) is 6.39. The predicted molar refractivity (Wildman–Crippen MR) is 108 cm³/mol. The molecular weight excluding hydrogens is 388 g/mol. The Bertz CT molecular complexity index is 914. The van der Waals surface area contributed by atoms with Crippen LogP contribution in [0.3, 0.4) is 0 Å². The van der Waals surface area contributed by atoms with Gasteiger partial charge in [0.25, 0.3) is 5.91 Å². The van der Waals surface area contributed by atoms with Crippen molar-refractivity contribution < 1.29 is 17.9 Å². The number of nitrogens with one attached hydrogen (secondary N) is 1. The van der Waals surface area contributed by atoms with E-state index in [9.17, 15) is 13.2 Å². The van der Waals surface area contributed by atoms with E-state index in [1.807, 2.05) is 38.1 Å². The maximum Gasteiger partial charge on any atom is 0.253 e. The average Bonchev–Trinajstić information content (AvgIpc) is 2.60. The fraction of sp³-hybridized carbons (Fsp3) is 0.316. The van der Waals surface area contributed by atoms with Crippen LogP contribution >= 0.6 is 11.6 Å². The van der Waals surface area contributed by atoms with Crippen molar-refractivity contribution in [3.63, 3.8) is 0 Å². The van der Waals surface area contributed by atoms with Gasteiger partial charge in [-0.15, -0.1) is 0 Å². The van der Waals surface area contributed by atoms with Crippen molar-refractivity contribution in [2.24, 2.45) is 0 Å². The van der Waals surface area contributed by atoms with Gasteiger partial charge < -0.3 is 10.1 Å². The molecule has 1 N–H and O–H groups in total. The molecule has 0 saturated carbocycles. The van der Waals surface area contributed by atoms with Crippen LogP contribution in [0, 0.1) is 6.92 Å². The number of sulfonamides is 1. The molecule has 0 aliphatic rings. The van der Waals surface area contributed by atoms with Crippen LogP contribution in [0.1, 0.15) is 22.8 Å². The first-order valence-corrected chi connectivity index (χ1v) is 10.5. The van der Waals surface area contributed by atoms with Crippen LogP contribution in [0.5, 0.6) is 5.75 Å². The van der Waals surface area contributed by atoms with Crippen LogP contribution in [0.15, 0.2) is 42.5 Å². The van der Waals surface area contributed by atoms with Crippen molar-refractivity contribution >= 4 is 33.2 Å². The number of amides is 1.